The molecule has 1 atom stereocenters. The van der Waals surface area contributed by atoms with Gasteiger partial charge in [0.2, 0.25) is 0 Å². The molecule has 9 heteroatoms. The van der Waals surface area contributed by atoms with Gasteiger partial charge in [-0.25, -0.2) is 9.13 Å². The first-order valence-corrected chi connectivity index (χ1v) is 10.0. The number of unbranched alkanes of at least 4 members (excludes halogenated alkanes) is 2. The minimum Gasteiger partial charge on any atom is -0.302 e. The highest BCUT2D eigenvalue weighted by Gasteiger charge is 2.31. The Labute approximate surface area is 146 Å². The van der Waals surface area contributed by atoms with E-state index in [4.69, 9.17) is 18.0 Å². The van der Waals surface area contributed by atoms with E-state index in [1.54, 1.807) is 13.0 Å². The van der Waals surface area contributed by atoms with Crippen LogP contribution in [0.3, 0.4) is 0 Å². The average Bonchev–Trinajstić information content (AvgIpc) is 2.47. The van der Waals surface area contributed by atoms with Gasteiger partial charge in [0.1, 0.15) is 0 Å². The monoisotopic (exact) mass is 376 g/mol. The zero-order valence-corrected chi connectivity index (χ0v) is 15.0. The van der Waals surface area contributed by atoms with Gasteiger partial charge < -0.3 is 14.7 Å². The summed E-state index contributed by atoms with van der Waals surface area (Å²) in [4.78, 5) is 26.3. The van der Waals surface area contributed by atoms with E-state index in [0.717, 1.165) is 31.3 Å². The van der Waals surface area contributed by atoms with Gasteiger partial charge in [-0.3, -0.25) is 4.52 Å². The molecule has 0 amide bonds. The molecule has 0 aromatic rings. The van der Waals surface area contributed by atoms with Crippen LogP contribution in [-0.4, -0.2) is 21.3 Å². The van der Waals surface area contributed by atoms with Crippen molar-refractivity contribution in [2.24, 2.45) is 0 Å². The maximum Gasteiger partial charge on any atom is 0.481 e. The third-order valence-electron chi connectivity index (χ3n) is 2.59. The van der Waals surface area contributed by atoms with E-state index >= 15 is 0 Å². The van der Waals surface area contributed by atoms with Crippen molar-refractivity contribution in [3.05, 3.63) is 23.3 Å². The lowest BCUT2D eigenvalue weighted by atomic mass is 10.1. The Kier molecular flexibility index (Phi) is 6.87. The van der Waals surface area contributed by atoms with Gasteiger partial charge in [0, 0.05) is 6.85 Å². The van der Waals surface area contributed by atoms with E-state index in [9.17, 15) is 14.0 Å². The molecule has 7 nitrogen and oxygen atoms in total. The maximum atomic E-state index is 11.5. The fourth-order valence-electron chi connectivity index (χ4n) is 1.49. The summed E-state index contributed by atoms with van der Waals surface area (Å²) in [5, 5.41) is 0. The summed E-state index contributed by atoms with van der Waals surface area (Å²) in [5.74, 6) is 0. The van der Waals surface area contributed by atoms with Crippen molar-refractivity contribution in [3.8, 4) is 0 Å². The number of phosphoric acid groups is 2. The molecule has 0 aliphatic carbocycles. The quantitative estimate of drug-likeness (QED) is 0.262. The Morgan fingerprint density at radius 1 is 1.30 bits per heavy atom. The molecule has 0 fully saturated rings. The first kappa shape index (κ1) is 14.0. The summed E-state index contributed by atoms with van der Waals surface area (Å²) >= 11 is 0. The number of hydrogen-bond donors (Lipinski definition) is 3. The summed E-state index contributed by atoms with van der Waals surface area (Å²) < 4.78 is 76.5. The molecule has 136 valence electrons. The van der Waals surface area contributed by atoms with Crippen molar-refractivity contribution < 1.29 is 40.9 Å². The van der Waals surface area contributed by atoms with Crippen LogP contribution in [-0.2, 0) is 18.0 Å². The van der Waals surface area contributed by atoms with Crippen molar-refractivity contribution in [1.29, 1.82) is 0 Å². The molecule has 0 spiro atoms. The Balaban J connectivity index is 5.52. The van der Waals surface area contributed by atoms with Gasteiger partial charge in [0.15, 0.2) is 0 Å². The molecule has 0 aliphatic rings. The number of rotatable bonds is 12. The summed E-state index contributed by atoms with van der Waals surface area (Å²) in [6, 6.07) is -0.948. The van der Waals surface area contributed by atoms with Crippen molar-refractivity contribution in [2.75, 3.05) is 6.61 Å². The molecule has 23 heavy (non-hydrogen) atoms. The highest BCUT2D eigenvalue weighted by atomic mass is 31.3. The second-order valence-corrected chi connectivity index (χ2v) is 7.58. The highest BCUT2D eigenvalue weighted by molar-refractivity contribution is 7.60. The van der Waals surface area contributed by atoms with E-state index in [0.29, 0.717) is 0 Å². The first-order valence-electron chi connectivity index (χ1n) is 10.0. The van der Waals surface area contributed by atoms with E-state index in [2.05, 4.69) is 8.83 Å². The maximum absolute atomic E-state index is 11.5. The molecule has 0 aliphatic heterocycles. The van der Waals surface area contributed by atoms with Gasteiger partial charge in [0.05, 0.1) is 7.98 Å². The molecule has 0 bridgehead atoms. The molecule has 0 rings (SSSR count). The predicted octanol–water partition coefficient (Wildman–Crippen LogP) is 4.47. The fourth-order valence-corrected chi connectivity index (χ4v) is 2.98. The summed E-state index contributed by atoms with van der Waals surface area (Å²) in [7, 11) is -10.7. The van der Waals surface area contributed by atoms with Gasteiger partial charge in [-0.1, -0.05) is 43.0 Å². The second kappa shape index (κ2) is 11.3. The van der Waals surface area contributed by atoms with Gasteiger partial charge in [-0.05, 0) is 39.4 Å². The number of phosphoric ester groups is 1. The molecular weight excluding hydrogens is 342 g/mol. The second-order valence-electron chi connectivity index (χ2n) is 4.75. The molecule has 0 heterocycles. The Hall–Kier alpha value is -0.260. The van der Waals surface area contributed by atoms with Gasteiger partial charge >= 0.3 is 15.6 Å². The minimum absolute atomic E-state index is 0.336. The van der Waals surface area contributed by atoms with Crippen LogP contribution in [0.5, 0.6) is 0 Å². The van der Waals surface area contributed by atoms with Crippen molar-refractivity contribution >= 4 is 15.6 Å². The Morgan fingerprint density at radius 3 is 2.57 bits per heavy atom. The van der Waals surface area contributed by atoms with Crippen LogP contribution in [0, 0.1) is 0 Å². The third-order valence-corrected chi connectivity index (χ3v) is 4.72. The SMILES string of the molecule is [2H]/C(COP(=O)(O)OP(=O)(O)O)=C(/C([2H])([2H])[2H])C([2H])([2H])C/C=C(\C)CCCCC. The highest BCUT2D eigenvalue weighted by Crippen LogP contribution is 2.57. The first-order chi connectivity index (χ1) is 12.9. The van der Waals surface area contributed by atoms with Crippen LogP contribution in [0.4, 0.5) is 0 Å². The number of hydrogen-bond acceptors (Lipinski definition) is 4. The largest absolute Gasteiger partial charge is 0.481 e. The van der Waals surface area contributed by atoms with Crippen molar-refractivity contribution in [2.45, 2.75) is 59.2 Å². The van der Waals surface area contributed by atoms with E-state index < -0.39 is 47.1 Å². The smallest absolute Gasteiger partial charge is 0.302 e. The van der Waals surface area contributed by atoms with Crippen molar-refractivity contribution in [3.63, 3.8) is 0 Å². The Morgan fingerprint density at radius 2 is 2.00 bits per heavy atom. The van der Waals surface area contributed by atoms with Gasteiger partial charge in [0.25, 0.3) is 0 Å². The molecule has 0 saturated heterocycles. The lowest BCUT2D eigenvalue weighted by molar-refractivity contribution is 0.191. The van der Waals surface area contributed by atoms with Crippen LogP contribution in [0.25, 0.3) is 0 Å². The summed E-state index contributed by atoms with van der Waals surface area (Å²) in [6.07, 6.45) is 2.38. The molecule has 3 N–H and O–H groups in total. The van der Waals surface area contributed by atoms with Crippen LogP contribution in [0.2, 0.25) is 0 Å². The van der Waals surface area contributed by atoms with E-state index in [-0.39, 0.29) is 6.42 Å². The van der Waals surface area contributed by atoms with Crippen LogP contribution >= 0.6 is 15.6 Å². The third kappa shape index (κ3) is 15.0. The van der Waals surface area contributed by atoms with E-state index in [1.165, 1.54) is 0 Å². The molecule has 0 radical (unpaired) electrons. The zero-order valence-electron chi connectivity index (χ0n) is 19.2. The van der Waals surface area contributed by atoms with Crippen LogP contribution in [0.1, 0.15) is 67.4 Å². The lowest BCUT2D eigenvalue weighted by Gasteiger charge is -2.11. The molecule has 0 aromatic heterocycles. The van der Waals surface area contributed by atoms with Crippen LogP contribution in [0.15, 0.2) is 23.3 Å². The van der Waals surface area contributed by atoms with Crippen molar-refractivity contribution in [1.82, 2.24) is 0 Å². The summed E-state index contributed by atoms with van der Waals surface area (Å²) in [5.41, 5.74) is -0.0660. The normalized spacial score (nSPS) is 21.9. The standard InChI is InChI=1S/C14H28O7P2/c1-4-5-6-8-13(2)9-7-10-14(3)11-12-20-23(18,19)21-22(15,16)17/h9,11H,4-8,10,12H2,1-3H3,(H,18,19)(H2,15,16,17)/b13-9+,14-11+/i3D3,10D2,11D. The topological polar surface area (TPSA) is 113 Å². The fraction of sp³-hybridized carbons (Fsp3) is 0.714. The van der Waals surface area contributed by atoms with Gasteiger partial charge in [-0.15, -0.1) is 0 Å². The molecule has 0 saturated carbocycles. The molecular formula is C14H28O7P2. The zero-order chi connectivity index (χ0) is 23.1. The molecule has 0 aromatic carbocycles. The minimum atomic E-state index is -5.38. The van der Waals surface area contributed by atoms with Gasteiger partial charge in [-0.2, -0.15) is 4.31 Å². The lowest BCUT2D eigenvalue weighted by Crippen LogP contribution is -1.94. The predicted molar refractivity (Wildman–Crippen MR) is 89.8 cm³/mol. The average molecular weight is 376 g/mol. The summed E-state index contributed by atoms with van der Waals surface area (Å²) in [6.45, 7) is -0.409. The molecule has 1 unspecified atom stereocenters. The number of allylic oxidation sites excluding steroid dienone is 3. The van der Waals surface area contributed by atoms with Crippen LogP contribution < -0.4 is 0 Å². The van der Waals surface area contributed by atoms with E-state index in [1.807, 2.05) is 6.92 Å². The Bertz CT molecular complexity index is 699.